The number of aromatic nitrogens is 14. The predicted molar refractivity (Wildman–Crippen MR) is 305 cm³/mol. The van der Waals surface area contributed by atoms with E-state index in [2.05, 4.69) is 55.8 Å². The number of piperidine rings is 2. The third-order valence-corrected chi connectivity index (χ3v) is 18.1. The molecule has 4 aliphatic rings. The summed E-state index contributed by atoms with van der Waals surface area (Å²) in [5.41, 5.74) is 21.8. The van der Waals surface area contributed by atoms with Gasteiger partial charge in [0, 0.05) is 94.3 Å². The Morgan fingerprint density at radius 3 is 1.39 bits per heavy atom. The van der Waals surface area contributed by atoms with Crippen molar-refractivity contribution in [2.75, 3.05) is 24.0 Å². The lowest BCUT2D eigenvalue weighted by Crippen LogP contribution is -2.46. The highest BCUT2D eigenvalue weighted by Gasteiger charge is 2.46. The molecule has 4 fully saturated rings. The molecule has 424 valence electrons. The fraction of sp³-hybridized carbons (Fsp3) is 0.286. The lowest BCUT2D eigenvalue weighted by Gasteiger charge is -2.38. The minimum atomic E-state index is -3.74. The van der Waals surface area contributed by atoms with E-state index in [0.717, 1.165) is 90.3 Å². The summed E-state index contributed by atoms with van der Waals surface area (Å²) >= 11 is 0. The zero-order valence-electron chi connectivity index (χ0n) is 44.8. The van der Waals surface area contributed by atoms with Gasteiger partial charge in [-0.2, -0.15) is 29.4 Å². The van der Waals surface area contributed by atoms with Gasteiger partial charge < -0.3 is 26.8 Å². The topological polar surface area (TPSA) is 359 Å². The Labute approximate surface area is 474 Å². The molecular weight excluding hydrogens is 1100 g/mol. The summed E-state index contributed by atoms with van der Waals surface area (Å²) in [6.45, 7) is 0. The van der Waals surface area contributed by atoms with Crippen molar-refractivity contribution in [3.05, 3.63) is 145 Å². The second-order valence-electron chi connectivity index (χ2n) is 21.2. The highest BCUT2D eigenvalue weighted by Crippen LogP contribution is 2.46. The molecule has 0 radical (unpaired) electrons. The number of carboxylic acid groups (broad SMARTS) is 1. The van der Waals surface area contributed by atoms with E-state index < -0.39 is 25.6 Å². The van der Waals surface area contributed by atoms with Crippen LogP contribution in [0.25, 0.3) is 56.1 Å². The van der Waals surface area contributed by atoms with Crippen molar-refractivity contribution in [2.45, 2.75) is 97.2 Å². The molecule has 8 aromatic heterocycles. The molecule has 4 saturated heterocycles. The molecule has 6 atom stereocenters. The minimum Gasteiger partial charge on any atom is -0.475 e. The normalized spacial score (nSPS) is 20.1. The maximum atomic E-state index is 13.1. The number of carbonyl (C=O) groups is 2. The van der Waals surface area contributed by atoms with Crippen LogP contribution in [0.3, 0.4) is 0 Å². The van der Waals surface area contributed by atoms with Gasteiger partial charge in [-0.1, -0.05) is 72.8 Å². The summed E-state index contributed by atoms with van der Waals surface area (Å²) in [5, 5.41) is 32.5. The number of amides is 1. The Morgan fingerprint density at radius 2 is 1.00 bits per heavy atom. The van der Waals surface area contributed by atoms with E-state index in [4.69, 9.17) is 26.5 Å². The number of carboxylic acids is 1. The molecule has 0 saturated carbocycles. The number of rotatable bonds is 10. The summed E-state index contributed by atoms with van der Waals surface area (Å²) in [7, 11) is -7.33. The van der Waals surface area contributed by atoms with Crippen molar-refractivity contribution in [3.8, 4) is 44.8 Å². The molecule has 2 unspecified atom stereocenters. The van der Waals surface area contributed by atoms with Gasteiger partial charge >= 0.3 is 5.97 Å². The molecule has 27 heteroatoms. The van der Waals surface area contributed by atoms with Crippen LogP contribution in [0.1, 0.15) is 95.8 Å². The summed E-state index contributed by atoms with van der Waals surface area (Å²) in [6.07, 6.45) is 18.4. The number of nitrogens with one attached hydrogen (secondary N) is 3. The Kier molecular flexibility index (Phi) is 14.3. The van der Waals surface area contributed by atoms with E-state index in [1.54, 1.807) is 24.8 Å². The standard InChI is InChI=1S/C28H27N9O3S.C25H26N6O2S.C3H3N3O2/c1-41(39,40)24-23(18-11-19-8-9-20(12-18)36(19)28(38)26-31-15-32-35-26)34-27-21(14-33-37(27)25(24)29)17-7-10-22(30-13-17)16-5-3-2-4-6-16;1-34(32,33)23-22(17-11-18-8-9-19(12-17)29-18)30-25-20(14-28-31(25)24(23)26)16-7-10-21(27-13-16)15-5-3-2-4-6-15;7-3(8)2-4-1-5-6-2/h2-7,10,13-15,18-20H,8-9,11-12,29H2,1H3,(H,31,32,35);2-7,10,13-14,17-19,29H,8-9,11-12,26H2,1H3;1H,(H,7,8)(H,4,5,6)/t18?,19-,20+;17?,18-,19+;. The molecule has 10 aromatic rings. The third kappa shape index (κ3) is 10.6. The van der Waals surface area contributed by atoms with E-state index in [1.807, 2.05) is 89.8 Å². The first-order chi connectivity index (χ1) is 40.0. The van der Waals surface area contributed by atoms with Gasteiger partial charge in [0.15, 0.2) is 31.0 Å². The van der Waals surface area contributed by atoms with Crippen molar-refractivity contribution >= 4 is 54.5 Å². The van der Waals surface area contributed by atoms with Gasteiger partial charge in [-0.05, 0) is 63.5 Å². The largest absolute Gasteiger partial charge is 0.475 e. The molecule has 2 aromatic carbocycles. The number of H-pyrrole nitrogens is 2. The molecule has 12 heterocycles. The number of hydrogen-bond donors (Lipinski definition) is 6. The summed E-state index contributed by atoms with van der Waals surface area (Å²) < 4.78 is 54.6. The lowest BCUT2D eigenvalue weighted by molar-refractivity contribution is 0.0555. The fourth-order valence-electron chi connectivity index (χ4n) is 12.2. The predicted octanol–water partition coefficient (Wildman–Crippen LogP) is 6.06. The highest BCUT2D eigenvalue weighted by atomic mass is 32.2. The van der Waals surface area contributed by atoms with E-state index >= 15 is 0 Å². The first-order valence-electron chi connectivity index (χ1n) is 26.8. The number of pyridine rings is 2. The van der Waals surface area contributed by atoms with Crippen LogP contribution in [0.4, 0.5) is 11.6 Å². The molecule has 8 N–H and O–H groups in total. The smallest absolute Gasteiger partial charge is 0.373 e. The Balaban J connectivity index is 0.000000146. The first-order valence-corrected chi connectivity index (χ1v) is 30.6. The molecule has 4 bridgehead atoms. The lowest BCUT2D eigenvalue weighted by atomic mass is 9.87. The quantitative estimate of drug-likeness (QED) is 0.0906. The molecule has 1 amide bonds. The Bertz CT molecular complexity index is 4240. The summed E-state index contributed by atoms with van der Waals surface area (Å²) in [5.74, 6) is -1.23. The average molecular weight is 1160 g/mol. The van der Waals surface area contributed by atoms with Gasteiger partial charge in [0.05, 0.1) is 35.2 Å². The minimum absolute atomic E-state index is 0.00314. The van der Waals surface area contributed by atoms with Crippen LogP contribution in [0.2, 0.25) is 0 Å². The van der Waals surface area contributed by atoms with Crippen LogP contribution in [0.5, 0.6) is 0 Å². The van der Waals surface area contributed by atoms with Crippen molar-refractivity contribution in [1.29, 1.82) is 0 Å². The van der Waals surface area contributed by atoms with Gasteiger partial charge in [-0.25, -0.2) is 41.6 Å². The van der Waals surface area contributed by atoms with Gasteiger partial charge in [0.25, 0.3) is 5.91 Å². The van der Waals surface area contributed by atoms with E-state index in [0.29, 0.717) is 53.2 Å². The van der Waals surface area contributed by atoms with Gasteiger partial charge in [-0.15, -0.1) is 0 Å². The van der Waals surface area contributed by atoms with Crippen molar-refractivity contribution in [1.82, 2.24) is 79.7 Å². The molecule has 83 heavy (non-hydrogen) atoms. The molecule has 25 nitrogen and oxygen atoms in total. The number of nitrogen functional groups attached to an aromatic ring is 2. The number of anilines is 2. The number of nitrogens with zero attached hydrogens (tertiary/aromatic N) is 13. The van der Waals surface area contributed by atoms with Crippen LogP contribution in [0.15, 0.2) is 132 Å². The van der Waals surface area contributed by atoms with Gasteiger partial charge in [0.2, 0.25) is 11.6 Å². The van der Waals surface area contributed by atoms with E-state index in [-0.39, 0.29) is 62.9 Å². The summed E-state index contributed by atoms with van der Waals surface area (Å²) in [6, 6.07) is 28.3. The van der Waals surface area contributed by atoms with Crippen LogP contribution < -0.4 is 16.8 Å². The number of hydrogen-bond acceptors (Lipinski definition) is 19. The zero-order valence-corrected chi connectivity index (χ0v) is 46.5. The van der Waals surface area contributed by atoms with Gasteiger partial charge in [-0.3, -0.25) is 25.0 Å². The fourth-order valence-corrected chi connectivity index (χ4v) is 14.3. The van der Waals surface area contributed by atoms with Gasteiger partial charge in [0.1, 0.15) is 34.1 Å². The monoisotopic (exact) mass is 1160 g/mol. The Hall–Kier alpha value is -9.34. The van der Waals surface area contributed by atoms with Crippen LogP contribution in [-0.2, 0) is 19.7 Å². The summed E-state index contributed by atoms with van der Waals surface area (Å²) in [4.78, 5) is 51.6. The van der Waals surface area contributed by atoms with Crippen LogP contribution in [0, 0.1) is 0 Å². The molecular formula is C56H56N18O7S2. The highest BCUT2D eigenvalue weighted by molar-refractivity contribution is 7.91. The number of sulfone groups is 2. The molecule has 0 aliphatic carbocycles. The molecule has 14 rings (SSSR count). The second-order valence-corrected chi connectivity index (χ2v) is 25.1. The second kappa shape index (κ2) is 21.9. The van der Waals surface area contributed by atoms with Crippen molar-refractivity contribution in [3.63, 3.8) is 0 Å². The number of carbonyl (C=O) groups excluding carboxylic acids is 1. The van der Waals surface area contributed by atoms with E-state index in [1.165, 1.54) is 21.6 Å². The first kappa shape index (κ1) is 54.3. The molecule has 4 aliphatic heterocycles. The van der Waals surface area contributed by atoms with Crippen LogP contribution in [-0.4, -0.2) is 145 Å². The number of nitrogens with two attached hydrogens (primary N) is 2. The Morgan fingerprint density at radius 1 is 0.554 bits per heavy atom. The maximum Gasteiger partial charge on any atom is 0.373 e. The van der Waals surface area contributed by atoms with E-state index in [9.17, 15) is 26.4 Å². The SMILES string of the molecule is CS(=O)(=O)c1c(C2C[C@H]3CC[C@@H](C2)N3)nc2c(-c3ccc(-c4ccccc4)nc3)cnn2c1N.CS(=O)(=O)c1c(C2C[C@H]3CC[C@@H](C2)N3C(=O)c2ncn[nH]2)nc2c(-c3ccc(-c4ccccc4)nc3)cnn2c1N.O=C(O)c1ncn[nH]1. The third-order valence-electron chi connectivity index (χ3n) is 15.8. The average Bonchev–Trinajstić information content (AvgIpc) is 3.22. The molecule has 0 spiro atoms. The van der Waals surface area contributed by atoms with Crippen molar-refractivity contribution in [2.24, 2.45) is 0 Å². The number of benzene rings is 2. The van der Waals surface area contributed by atoms with Crippen molar-refractivity contribution < 1.29 is 31.5 Å². The zero-order chi connectivity index (χ0) is 57.7. The van der Waals surface area contributed by atoms with Crippen LogP contribution >= 0.6 is 0 Å². The number of aromatic amines is 2. The number of aromatic carboxylic acids is 1. The maximum absolute atomic E-state index is 13.1. The number of fused-ring (bicyclic) bond motifs is 6.